The molecule has 0 radical (unpaired) electrons. The lowest BCUT2D eigenvalue weighted by Crippen LogP contribution is -2.45. The smallest absolute Gasteiger partial charge is 0.191 e. The van der Waals surface area contributed by atoms with E-state index in [0.29, 0.717) is 25.1 Å². The molecule has 0 amide bonds. The standard InChI is InChI=1S/C22H36N4O2/c1-16-5-6-19(21(11-16)28-15-18-9-10-27-14-18)13-25-22(23-3)24-12-17(2)26(4)20-7-8-20/h5-6,11,17-18,20H,7-10,12-15H2,1-4H3,(H2,23,24,25). The zero-order valence-electron chi connectivity index (χ0n) is 17.8. The van der Waals surface area contributed by atoms with E-state index in [0.717, 1.165) is 49.5 Å². The summed E-state index contributed by atoms with van der Waals surface area (Å²) < 4.78 is 11.6. The fourth-order valence-electron chi connectivity index (χ4n) is 3.49. The average Bonchev–Trinajstić information content (AvgIpc) is 3.42. The van der Waals surface area contributed by atoms with E-state index in [1.807, 2.05) is 7.05 Å². The monoisotopic (exact) mass is 388 g/mol. The second-order valence-corrected chi connectivity index (χ2v) is 8.20. The molecule has 2 unspecified atom stereocenters. The van der Waals surface area contributed by atoms with E-state index in [1.54, 1.807) is 0 Å². The maximum Gasteiger partial charge on any atom is 0.191 e. The van der Waals surface area contributed by atoms with Crippen molar-refractivity contribution in [3.05, 3.63) is 29.3 Å². The van der Waals surface area contributed by atoms with Crippen LogP contribution in [0.25, 0.3) is 0 Å². The molecule has 28 heavy (non-hydrogen) atoms. The van der Waals surface area contributed by atoms with Gasteiger partial charge in [-0.2, -0.15) is 0 Å². The first kappa shape index (κ1) is 20.9. The lowest BCUT2D eigenvalue weighted by molar-refractivity contribution is 0.166. The number of guanidine groups is 1. The van der Waals surface area contributed by atoms with Gasteiger partial charge in [0.25, 0.3) is 0 Å². The van der Waals surface area contributed by atoms with Gasteiger partial charge in [0.2, 0.25) is 0 Å². The van der Waals surface area contributed by atoms with Crippen LogP contribution in [-0.4, -0.2) is 63.4 Å². The second-order valence-electron chi connectivity index (χ2n) is 8.20. The highest BCUT2D eigenvalue weighted by molar-refractivity contribution is 5.79. The molecule has 1 saturated heterocycles. The summed E-state index contributed by atoms with van der Waals surface area (Å²) in [6.07, 6.45) is 3.75. The van der Waals surface area contributed by atoms with Gasteiger partial charge in [-0.1, -0.05) is 12.1 Å². The van der Waals surface area contributed by atoms with Gasteiger partial charge in [-0.3, -0.25) is 9.89 Å². The van der Waals surface area contributed by atoms with Crippen LogP contribution in [0.4, 0.5) is 0 Å². The Hall–Kier alpha value is -1.79. The molecule has 0 spiro atoms. The van der Waals surface area contributed by atoms with E-state index < -0.39 is 0 Å². The van der Waals surface area contributed by atoms with Crippen molar-refractivity contribution in [2.75, 3.05) is 40.5 Å². The molecule has 1 aromatic carbocycles. The SMILES string of the molecule is CN=C(NCc1ccc(C)cc1OCC1CCOC1)NCC(C)N(C)C1CC1. The molecule has 3 rings (SSSR count). The Morgan fingerprint density at radius 2 is 2.14 bits per heavy atom. The van der Waals surface area contributed by atoms with E-state index in [1.165, 1.54) is 18.4 Å². The molecule has 2 aliphatic rings. The summed E-state index contributed by atoms with van der Waals surface area (Å²) in [5.41, 5.74) is 2.36. The fourth-order valence-corrected chi connectivity index (χ4v) is 3.49. The summed E-state index contributed by atoms with van der Waals surface area (Å²) in [5.74, 6) is 2.28. The third-order valence-electron chi connectivity index (χ3n) is 5.77. The first-order valence-electron chi connectivity index (χ1n) is 10.5. The van der Waals surface area contributed by atoms with Gasteiger partial charge in [-0.15, -0.1) is 0 Å². The zero-order valence-corrected chi connectivity index (χ0v) is 17.8. The summed E-state index contributed by atoms with van der Waals surface area (Å²) in [7, 11) is 4.03. The number of rotatable bonds is 9. The second kappa shape index (κ2) is 10.1. The Labute approximate surface area is 169 Å². The van der Waals surface area contributed by atoms with Crippen LogP contribution in [0, 0.1) is 12.8 Å². The Bertz CT molecular complexity index is 654. The van der Waals surface area contributed by atoms with Crippen molar-refractivity contribution in [2.24, 2.45) is 10.9 Å². The van der Waals surface area contributed by atoms with Gasteiger partial charge in [-0.25, -0.2) is 0 Å². The number of likely N-dealkylation sites (N-methyl/N-ethyl adjacent to an activating group) is 1. The van der Waals surface area contributed by atoms with Crippen LogP contribution in [-0.2, 0) is 11.3 Å². The number of hydrogen-bond donors (Lipinski definition) is 2. The summed E-state index contributed by atoms with van der Waals surface area (Å²) >= 11 is 0. The van der Waals surface area contributed by atoms with E-state index in [9.17, 15) is 0 Å². The predicted octanol–water partition coefficient (Wildman–Crippen LogP) is 2.56. The van der Waals surface area contributed by atoms with Gasteiger partial charge < -0.3 is 20.1 Å². The topological polar surface area (TPSA) is 58.1 Å². The Balaban J connectivity index is 1.50. The highest BCUT2D eigenvalue weighted by Gasteiger charge is 2.29. The van der Waals surface area contributed by atoms with Crippen molar-refractivity contribution in [1.82, 2.24) is 15.5 Å². The Morgan fingerprint density at radius 3 is 2.82 bits per heavy atom. The van der Waals surface area contributed by atoms with Gasteiger partial charge in [0.1, 0.15) is 5.75 Å². The number of hydrogen-bond acceptors (Lipinski definition) is 4. The third-order valence-corrected chi connectivity index (χ3v) is 5.77. The van der Waals surface area contributed by atoms with Crippen molar-refractivity contribution >= 4 is 5.96 Å². The predicted molar refractivity (Wildman–Crippen MR) is 114 cm³/mol. The van der Waals surface area contributed by atoms with Gasteiger partial charge in [0.15, 0.2) is 5.96 Å². The van der Waals surface area contributed by atoms with Crippen LogP contribution >= 0.6 is 0 Å². The molecule has 156 valence electrons. The molecule has 2 fully saturated rings. The van der Waals surface area contributed by atoms with Crippen molar-refractivity contribution in [2.45, 2.75) is 51.7 Å². The normalized spacial score (nSPS) is 21.0. The summed E-state index contributed by atoms with van der Waals surface area (Å²) in [5, 5.41) is 6.88. The molecular weight excluding hydrogens is 352 g/mol. The zero-order chi connectivity index (χ0) is 19.9. The molecule has 0 aromatic heterocycles. The number of benzene rings is 1. The minimum Gasteiger partial charge on any atom is -0.493 e. The molecule has 0 bridgehead atoms. The Morgan fingerprint density at radius 1 is 1.32 bits per heavy atom. The quantitative estimate of drug-likeness (QED) is 0.503. The van der Waals surface area contributed by atoms with Gasteiger partial charge in [0.05, 0.1) is 13.2 Å². The summed E-state index contributed by atoms with van der Waals surface area (Å²) in [6, 6.07) is 7.64. The van der Waals surface area contributed by atoms with E-state index in [2.05, 4.69) is 59.6 Å². The fraction of sp³-hybridized carbons (Fsp3) is 0.682. The maximum absolute atomic E-state index is 6.14. The molecule has 1 aliphatic carbocycles. The highest BCUT2D eigenvalue weighted by Crippen LogP contribution is 2.26. The number of nitrogens with zero attached hydrogens (tertiary/aromatic N) is 2. The first-order valence-corrected chi connectivity index (χ1v) is 10.5. The van der Waals surface area contributed by atoms with Crippen molar-refractivity contribution in [3.8, 4) is 5.75 Å². The Kier molecular flexibility index (Phi) is 7.57. The van der Waals surface area contributed by atoms with Crippen molar-refractivity contribution in [1.29, 1.82) is 0 Å². The summed E-state index contributed by atoms with van der Waals surface area (Å²) in [4.78, 5) is 6.83. The number of nitrogens with one attached hydrogen (secondary N) is 2. The van der Waals surface area contributed by atoms with Gasteiger partial charge in [-0.05, 0) is 51.8 Å². The highest BCUT2D eigenvalue weighted by atomic mass is 16.5. The van der Waals surface area contributed by atoms with Gasteiger partial charge in [0, 0.05) is 50.3 Å². The van der Waals surface area contributed by atoms with Crippen LogP contribution < -0.4 is 15.4 Å². The van der Waals surface area contributed by atoms with Crippen molar-refractivity contribution in [3.63, 3.8) is 0 Å². The molecule has 6 nitrogen and oxygen atoms in total. The molecular formula is C22H36N4O2. The molecule has 6 heteroatoms. The van der Waals surface area contributed by atoms with Crippen LogP contribution in [0.1, 0.15) is 37.3 Å². The summed E-state index contributed by atoms with van der Waals surface area (Å²) in [6.45, 7) is 8.30. The number of aryl methyl sites for hydroxylation is 1. The van der Waals surface area contributed by atoms with Crippen LogP contribution in [0.15, 0.2) is 23.2 Å². The number of ether oxygens (including phenoxy) is 2. The largest absolute Gasteiger partial charge is 0.493 e. The van der Waals surface area contributed by atoms with E-state index in [-0.39, 0.29) is 0 Å². The van der Waals surface area contributed by atoms with Crippen LogP contribution in [0.2, 0.25) is 0 Å². The molecule has 1 saturated carbocycles. The van der Waals surface area contributed by atoms with E-state index in [4.69, 9.17) is 9.47 Å². The van der Waals surface area contributed by atoms with Crippen molar-refractivity contribution < 1.29 is 9.47 Å². The number of aliphatic imine (C=N–C) groups is 1. The van der Waals surface area contributed by atoms with Gasteiger partial charge >= 0.3 is 0 Å². The first-order chi connectivity index (χ1) is 13.6. The minimum atomic E-state index is 0.484. The molecule has 1 aliphatic heterocycles. The third kappa shape index (κ3) is 6.11. The molecule has 2 N–H and O–H groups in total. The van der Waals surface area contributed by atoms with Crippen LogP contribution in [0.5, 0.6) is 5.75 Å². The molecule has 2 atom stereocenters. The average molecular weight is 389 g/mol. The van der Waals surface area contributed by atoms with Crippen LogP contribution in [0.3, 0.4) is 0 Å². The molecule has 1 heterocycles. The lowest BCUT2D eigenvalue weighted by atomic mass is 10.1. The minimum absolute atomic E-state index is 0.484. The van der Waals surface area contributed by atoms with E-state index >= 15 is 0 Å². The maximum atomic E-state index is 6.14. The lowest BCUT2D eigenvalue weighted by Gasteiger charge is -2.25. The molecule has 1 aromatic rings.